The fourth-order valence-electron chi connectivity index (χ4n) is 4.71. The number of aliphatic carboxylic acids is 1. The Hall–Kier alpha value is -4.86. The first-order valence-corrected chi connectivity index (χ1v) is 12.8. The third kappa shape index (κ3) is 5.86. The van der Waals surface area contributed by atoms with Crippen molar-refractivity contribution in [1.29, 1.82) is 0 Å². The van der Waals surface area contributed by atoms with E-state index in [4.69, 9.17) is 33.2 Å². The van der Waals surface area contributed by atoms with E-state index in [1.807, 2.05) is 13.8 Å². The van der Waals surface area contributed by atoms with Crippen molar-refractivity contribution >= 4 is 17.3 Å². The Labute approximate surface area is 238 Å². The minimum absolute atomic E-state index is 0.0243. The molecule has 1 N–H and O–H groups in total. The number of Topliss-reactive ketones (excluding diaryl/α,β-unsaturated/α-hetero) is 1. The molecule has 0 saturated heterocycles. The van der Waals surface area contributed by atoms with Crippen molar-refractivity contribution in [3.63, 3.8) is 0 Å². The summed E-state index contributed by atoms with van der Waals surface area (Å²) in [5.74, 6) is 0.929. The van der Waals surface area contributed by atoms with Gasteiger partial charge in [-0.05, 0) is 73.0 Å². The average molecular weight is 565 g/mol. The quantitative estimate of drug-likeness (QED) is 0.234. The highest BCUT2D eigenvalue weighted by atomic mass is 16.7. The maximum Gasteiger partial charge on any atom is 0.336 e. The van der Waals surface area contributed by atoms with Gasteiger partial charge in [-0.25, -0.2) is 4.79 Å². The molecule has 0 fully saturated rings. The molecule has 0 atom stereocenters. The zero-order chi connectivity index (χ0) is 29.7. The van der Waals surface area contributed by atoms with Crippen LogP contribution in [0.5, 0.6) is 40.2 Å². The summed E-state index contributed by atoms with van der Waals surface area (Å²) in [5, 5.41) is 10.5. The van der Waals surface area contributed by atoms with Crippen LogP contribution in [0.15, 0.2) is 48.0 Å². The number of carboxylic acid groups (broad SMARTS) is 1. The zero-order valence-corrected chi connectivity index (χ0v) is 23.8. The van der Waals surface area contributed by atoms with Crippen LogP contribution < -0.4 is 33.2 Å². The van der Waals surface area contributed by atoms with Crippen molar-refractivity contribution in [2.24, 2.45) is 0 Å². The van der Waals surface area contributed by atoms with Crippen LogP contribution in [0.3, 0.4) is 0 Å². The van der Waals surface area contributed by atoms with Crippen molar-refractivity contribution in [2.45, 2.75) is 20.3 Å². The smallest absolute Gasteiger partial charge is 0.336 e. The summed E-state index contributed by atoms with van der Waals surface area (Å²) < 4.78 is 38.5. The Morgan fingerprint density at radius 3 is 2.07 bits per heavy atom. The predicted molar refractivity (Wildman–Crippen MR) is 150 cm³/mol. The van der Waals surface area contributed by atoms with Gasteiger partial charge in [0, 0.05) is 17.6 Å². The fraction of sp³-hybridized carbons (Fsp3) is 0.290. The van der Waals surface area contributed by atoms with E-state index in [0.29, 0.717) is 52.2 Å². The summed E-state index contributed by atoms with van der Waals surface area (Å²) >= 11 is 0. The van der Waals surface area contributed by atoms with E-state index < -0.39 is 11.8 Å². The van der Waals surface area contributed by atoms with E-state index in [9.17, 15) is 14.7 Å². The molecule has 1 heterocycles. The predicted octanol–water partition coefficient (Wildman–Crippen LogP) is 5.12. The van der Waals surface area contributed by atoms with Gasteiger partial charge in [0.2, 0.25) is 18.3 Å². The average Bonchev–Trinajstić information content (AvgIpc) is 3.45. The minimum Gasteiger partial charge on any atom is -0.494 e. The van der Waals surface area contributed by atoms with Crippen LogP contribution in [0.25, 0.3) is 5.57 Å². The summed E-state index contributed by atoms with van der Waals surface area (Å²) in [6.45, 7) is 4.13. The van der Waals surface area contributed by atoms with E-state index in [0.717, 1.165) is 5.56 Å². The zero-order valence-electron chi connectivity index (χ0n) is 23.8. The molecule has 4 rings (SSSR count). The molecule has 0 aliphatic carbocycles. The third-order valence-corrected chi connectivity index (χ3v) is 6.58. The minimum atomic E-state index is -1.30. The maximum absolute atomic E-state index is 14.2. The first kappa shape index (κ1) is 29.1. The second kappa shape index (κ2) is 12.5. The second-order valence-corrected chi connectivity index (χ2v) is 9.02. The molecule has 1 aliphatic heterocycles. The molecule has 41 heavy (non-hydrogen) atoms. The number of hydrogen-bond donors (Lipinski definition) is 1. The summed E-state index contributed by atoms with van der Waals surface area (Å²) in [5.41, 5.74) is 1.64. The largest absolute Gasteiger partial charge is 0.494 e. The van der Waals surface area contributed by atoms with Crippen LogP contribution in [0.1, 0.15) is 34.0 Å². The van der Waals surface area contributed by atoms with Gasteiger partial charge in [0.1, 0.15) is 5.75 Å². The Morgan fingerprint density at radius 2 is 1.51 bits per heavy atom. The third-order valence-electron chi connectivity index (χ3n) is 6.58. The Morgan fingerprint density at radius 1 is 0.829 bits per heavy atom. The SMILES string of the molecule is CCOc1ccc(C(=O)C(Cc2cc(OC)c(OC)c(OC)c2)=C(C(=O)O)c2cc(OC)c3c(c2)OCO3)cc1C. The highest BCUT2D eigenvalue weighted by Crippen LogP contribution is 2.44. The van der Waals surface area contributed by atoms with Crippen molar-refractivity contribution in [3.8, 4) is 40.2 Å². The second-order valence-electron chi connectivity index (χ2n) is 9.02. The Kier molecular flexibility index (Phi) is 8.91. The number of methoxy groups -OCH3 is 4. The molecule has 0 saturated carbocycles. The first-order valence-electron chi connectivity index (χ1n) is 12.8. The summed E-state index contributed by atoms with van der Waals surface area (Å²) in [6.07, 6.45) is -0.0692. The van der Waals surface area contributed by atoms with Gasteiger partial charge in [0.05, 0.1) is 40.6 Å². The summed E-state index contributed by atoms with van der Waals surface area (Å²) in [7, 11) is 5.88. The number of carbonyl (C=O) groups is 2. The molecule has 0 unspecified atom stereocenters. The molecule has 10 nitrogen and oxygen atoms in total. The molecular weight excluding hydrogens is 532 g/mol. The van der Waals surface area contributed by atoms with Gasteiger partial charge in [0.25, 0.3) is 0 Å². The van der Waals surface area contributed by atoms with Crippen molar-refractivity contribution < 1.29 is 47.9 Å². The standard InChI is InChI=1S/C31H32O10/c1-7-39-22-9-8-19(10-17(22)2)28(32)21(11-18-12-23(35-3)29(38-6)24(13-18)36-4)27(31(33)34)20-14-25(37-5)30-26(15-20)40-16-41-30/h8-10,12-15H,7,11,16H2,1-6H3,(H,33,34). The van der Waals surface area contributed by atoms with Gasteiger partial charge in [-0.2, -0.15) is 0 Å². The first-order chi connectivity index (χ1) is 19.8. The molecule has 0 spiro atoms. The number of benzene rings is 3. The Balaban J connectivity index is 1.96. The van der Waals surface area contributed by atoms with Crippen molar-refractivity contribution in [2.75, 3.05) is 41.8 Å². The van der Waals surface area contributed by atoms with E-state index in [1.54, 1.807) is 30.3 Å². The lowest BCUT2D eigenvalue weighted by atomic mass is 9.88. The highest BCUT2D eigenvalue weighted by Gasteiger charge is 2.29. The lowest BCUT2D eigenvalue weighted by Gasteiger charge is -2.17. The molecule has 10 heteroatoms. The van der Waals surface area contributed by atoms with Crippen LogP contribution in [-0.4, -0.2) is 58.7 Å². The van der Waals surface area contributed by atoms with Gasteiger partial charge in [0.15, 0.2) is 28.8 Å². The van der Waals surface area contributed by atoms with Crippen LogP contribution in [-0.2, 0) is 11.2 Å². The van der Waals surface area contributed by atoms with E-state index in [-0.39, 0.29) is 35.7 Å². The molecule has 3 aromatic rings. The number of allylic oxidation sites excluding steroid dienone is 1. The number of hydrogen-bond acceptors (Lipinski definition) is 9. The number of carbonyl (C=O) groups excluding carboxylic acids is 1. The fourth-order valence-corrected chi connectivity index (χ4v) is 4.71. The number of fused-ring (bicyclic) bond motifs is 1. The van der Waals surface area contributed by atoms with Gasteiger partial charge >= 0.3 is 5.97 Å². The normalized spacial score (nSPS) is 12.3. The van der Waals surface area contributed by atoms with Gasteiger partial charge in [-0.1, -0.05) is 0 Å². The number of rotatable bonds is 12. The Bertz CT molecular complexity index is 1480. The summed E-state index contributed by atoms with van der Waals surface area (Å²) in [6, 6.07) is 11.4. The lowest BCUT2D eigenvalue weighted by Crippen LogP contribution is -2.14. The molecule has 0 radical (unpaired) electrons. The van der Waals surface area contributed by atoms with Crippen LogP contribution in [0.2, 0.25) is 0 Å². The number of carboxylic acids is 1. The van der Waals surface area contributed by atoms with Crippen molar-refractivity contribution in [3.05, 3.63) is 70.3 Å². The molecule has 0 bridgehead atoms. The van der Waals surface area contributed by atoms with Crippen LogP contribution in [0.4, 0.5) is 0 Å². The maximum atomic E-state index is 14.2. The van der Waals surface area contributed by atoms with Gasteiger partial charge in [-0.3, -0.25) is 4.79 Å². The van der Waals surface area contributed by atoms with Crippen LogP contribution >= 0.6 is 0 Å². The highest BCUT2D eigenvalue weighted by molar-refractivity contribution is 6.26. The lowest BCUT2D eigenvalue weighted by molar-refractivity contribution is -0.130. The molecule has 1 aliphatic rings. The van der Waals surface area contributed by atoms with E-state index in [1.165, 1.54) is 40.6 Å². The number of ether oxygens (including phenoxy) is 7. The van der Waals surface area contributed by atoms with E-state index >= 15 is 0 Å². The van der Waals surface area contributed by atoms with E-state index in [2.05, 4.69) is 0 Å². The molecule has 0 amide bonds. The number of aryl methyl sites for hydroxylation is 1. The van der Waals surface area contributed by atoms with Gasteiger partial charge < -0.3 is 38.3 Å². The monoisotopic (exact) mass is 564 g/mol. The molecule has 3 aromatic carbocycles. The number of ketones is 1. The molecular formula is C31H32O10. The summed E-state index contributed by atoms with van der Waals surface area (Å²) in [4.78, 5) is 27.1. The van der Waals surface area contributed by atoms with Crippen LogP contribution in [0, 0.1) is 6.92 Å². The molecule has 216 valence electrons. The molecule has 0 aromatic heterocycles. The van der Waals surface area contributed by atoms with Crippen molar-refractivity contribution in [1.82, 2.24) is 0 Å². The topological polar surface area (TPSA) is 119 Å². The van der Waals surface area contributed by atoms with Gasteiger partial charge in [-0.15, -0.1) is 0 Å².